The molecule has 1 rings (SSSR count). The van der Waals surface area contributed by atoms with E-state index in [0.717, 1.165) is 32.1 Å². The molecule has 1 saturated carbocycles. The first-order valence-electron chi connectivity index (χ1n) is 13.9. The molecule has 38 heavy (non-hydrogen) atoms. The molecule has 3 unspecified atom stereocenters. The van der Waals surface area contributed by atoms with Crippen LogP contribution in [0.3, 0.4) is 0 Å². The van der Waals surface area contributed by atoms with Crippen molar-refractivity contribution in [3.8, 4) is 0 Å². The maximum absolute atomic E-state index is 12.6. The van der Waals surface area contributed by atoms with Gasteiger partial charge in [-0.2, -0.15) is 0 Å². The van der Waals surface area contributed by atoms with Crippen LogP contribution in [0, 0.1) is 10.8 Å². The van der Waals surface area contributed by atoms with Crippen LogP contribution in [-0.4, -0.2) is 83.4 Å². The van der Waals surface area contributed by atoms with Gasteiger partial charge in [0.15, 0.2) is 0 Å². The summed E-state index contributed by atoms with van der Waals surface area (Å²) in [4.78, 5) is 41.7. The fourth-order valence-electron chi connectivity index (χ4n) is 6.19. The third-order valence-electron chi connectivity index (χ3n) is 7.66. The number of rotatable bonds is 18. The van der Waals surface area contributed by atoms with Gasteiger partial charge in [-0.3, -0.25) is 4.79 Å². The van der Waals surface area contributed by atoms with Gasteiger partial charge in [0, 0.05) is 52.9 Å². The first-order valence-corrected chi connectivity index (χ1v) is 15.8. The Morgan fingerprint density at radius 2 is 1.76 bits per heavy atom. The molecule has 0 radical (unpaired) electrons. The first kappa shape index (κ1) is 34.2. The van der Waals surface area contributed by atoms with Gasteiger partial charge in [-0.25, -0.2) is 14.6 Å². The van der Waals surface area contributed by atoms with Crippen LogP contribution in [0.1, 0.15) is 91.9 Å². The van der Waals surface area contributed by atoms with Crippen molar-refractivity contribution < 1.29 is 32.8 Å². The van der Waals surface area contributed by atoms with Crippen LogP contribution < -0.4 is 5.32 Å². The molecule has 0 aliphatic heterocycles. The van der Waals surface area contributed by atoms with Crippen molar-refractivity contribution in [2.24, 2.45) is 15.8 Å². The SMILES string of the molecule is CCCCCC(CCC(=O)NCCC[Si](OC)(OC)OC)N(CC1(C)CC(N=C=O)CC(C)(C)C1)C(=O)O. The summed E-state index contributed by atoms with van der Waals surface area (Å²) in [5, 5.41) is 13.2. The summed E-state index contributed by atoms with van der Waals surface area (Å²) < 4.78 is 16.3. The summed E-state index contributed by atoms with van der Waals surface area (Å²) in [5.74, 6) is -0.0965. The Labute approximate surface area is 230 Å². The second-order valence-corrected chi connectivity index (χ2v) is 14.9. The van der Waals surface area contributed by atoms with Gasteiger partial charge in [-0.05, 0) is 49.4 Å². The topological polar surface area (TPSA) is 127 Å². The van der Waals surface area contributed by atoms with Gasteiger partial charge in [0.25, 0.3) is 0 Å². The molecule has 2 N–H and O–H groups in total. The van der Waals surface area contributed by atoms with Crippen LogP contribution in [0.2, 0.25) is 6.04 Å². The summed E-state index contributed by atoms with van der Waals surface area (Å²) in [5.41, 5.74) is -0.383. The molecule has 3 atom stereocenters. The predicted molar refractivity (Wildman–Crippen MR) is 149 cm³/mol. The van der Waals surface area contributed by atoms with Crippen molar-refractivity contribution in [1.29, 1.82) is 0 Å². The van der Waals surface area contributed by atoms with Crippen LogP contribution in [-0.2, 0) is 22.9 Å². The molecule has 1 aliphatic carbocycles. The van der Waals surface area contributed by atoms with E-state index < -0.39 is 14.9 Å². The zero-order valence-electron chi connectivity index (χ0n) is 24.6. The Bertz CT molecular complexity index is 778. The number of nitrogens with zero attached hydrogens (tertiary/aromatic N) is 2. The summed E-state index contributed by atoms with van der Waals surface area (Å²) in [6.45, 7) is 9.32. The number of hydrogen-bond acceptors (Lipinski definition) is 7. The molecule has 0 aromatic carbocycles. The lowest BCUT2D eigenvalue weighted by Gasteiger charge is -2.47. The average Bonchev–Trinajstić information content (AvgIpc) is 2.84. The molecule has 220 valence electrons. The lowest BCUT2D eigenvalue weighted by atomic mass is 9.62. The third kappa shape index (κ3) is 11.5. The van der Waals surface area contributed by atoms with Crippen molar-refractivity contribution in [2.75, 3.05) is 34.4 Å². The van der Waals surface area contributed by atoms with E-state index in [1.165, 1.54) is 0 Å². The van der Waals surface area contributed by atoms with Crippen LogP contribution >= 0.6 is 0 Å². The van der Waals surface area contributed by atoms with E-state index in [1.54, 1.807) is 32.3 Å². The minimum Gasteiger partial charge on any atom is -0.465 e. The molecule has 0 aromatic rings. The zero-order chi connectivity index (χ0) is 28.8. The lowest BCUT2D eigenvalue weighted by Crippen LogP contribution is -2.50. The van der Waals surface area contributed by atoms with Crippen LogP contribution in [0.25, 0.3) is 0 Å². The van der Waals surface area contributed by atoms with Gasteiger partial charge in [0.05, 0.1) is 6.04 Å². The Balaban J connectivity index is 2.86. The number of hydrogen-bond donors (Lipinski definition) is 2. The molecular weight excluding hydrogens is 506 g/mol. The fraction of sp³-hybridized carbons (Fsp3) is 0.889. The van der Waals surface area contributed by atoms with E-state index in [1.807, 2.05) is 0 Å². The number of carbonyl (C=O) groups excluding carboxylic acids is 2. The minimum atomic E-state index is -2.67. The number of aliphatic imine (C=N–C) groups is 1. The van der Waals surface area contributed by atoms with Gasteiger partial charge in [-0.1, -0.05) is 47.0 Å². The van der Waals surface area contributed by atoms with Gasteiger partial charge in [0.1, 0.15) is 0 Å². The summed E-state index contributed by atoms with van der Waals surface area (Å²) in [6.07, 6.45) is 8.05. The normalized spacial score (nSPS) is 21.8. The largest absolute Gasteiger partial charge is 0.500 e. The highest BCUT2D eigenvalue weighted by Gasteiger charge is 2.44. The van der Waals surface area contributed by atoms with E-state index in [9.17, 15) is 19.5 Å². The standard InChI is InChI=1S/C27H51N3O7Si/c1-8-9-10-12-23(13-14-24(32)28-15-11-16-38(35-5,36-6)37-7)30(25(33)34)20-27(4)18-22(29-21-31)17-26(2,3)19-27/h22-23H,8-20H2,1-7H3,(H,28,32)(H,33,34). The third-order valence-corrected chi connectivity index (χ3v) is 10.5. The molecule has 0 aromatic heterocycles. The maximum atomic E-state index is 12.6. The van der Waals surface area contributed by atoms with Gasteiger partial charge < -0.3 is 28.6 Å². The zero-order valence-corrected chi connectivity index (χ0v) is 25.6. The number of carboxylic acid groups (broad SMARTS) is 1. The van der Waals surface area contributed by atoms with Crippen molar-refractivity contribution in [3.05, 3.63) is 0 Å². The second kappa shape index (κ2) is 16.4. The van der Waals surface area contributed by atoms with Gasteiger partial charge in [0.2, 0.25) is 12.0 Å². The van der Waals surface area contributed by atoms with Crippen molar-refractivity contribution >= 4 is 26.9 Å². The Morgan fingerprint density at radius 3 is 2.32 bits per heavy atom. The minimum absolute atomic E-state index is 0.0608. The average molecular weight is 558 g/mol. The first-order chi connectivity index (χ1) is 17.9. The summed E-state index contributed by atoms with van der Waals surface area (Å²) >= 11 is 0. The van der Waals surface area contributed by atoms with Crippen LogP contribution in [0.15, 0.2) is 4.99 Å². The molecule has 10 nitrogen and oxygen atoms in total. The van der Waals surface area contributed by atoms with Crippen molar-refractivity contribution in [1.82, 2.24) is 10.2 Å². The monoisotopic (exact) mass is 557 g/mol. The predicted octanol–water partition coefficient (Wildman–Crippen LogP) is 5.00. The molecule has 2 amide bonds. The quantitative estimate of drug-likeness (QED) is 0.105. The maximum Gasteiger partial charge on any atom is 0.500 e. The number of carbonyl (C=O) groups is 2. The number of unbranched alkanes of at least 4 members (excludes halogenated alkanes) is 2. The molecule has 11 heteroatoms. The highest BCUT2D eigenvalue weighted by Crippen LogP contribution is 2.47. The summed E-state index contributed by atoms with van der Waals surface area (Å²) in [6, 6.07) is 0.181. The number of isocyanates is 1. The lowest BCUT2D eigenvalue weighted by molar-refractivity contribution is -0.121. The molecule has 0 bridgehead atoms. The summed E-state index contributed by atoms with van der Waals surface area (Å²) in [7, 11) is 2.02. The number of nitrogens with one attached hydrogen (secondary N) is 1. The van der Waals surface area contributed by atoms with Crippen LogP contribution in [0.4, 0.5) is 4.79 Å². The molecule has 0 saturated heterocycles. The molecule has 0 spiro atoms. The Kier molecular flexibility index (Phi) is 14.7. The molecule has 1 aliphatic rings. The molecule has 1 fully saturated rings. The number of amides is 2. The highest BCUT2D eigenvalue weighted by molar-refractivity contribution is 6.60. The van der Waals surface area contributed by atoms with Gasteiger partial charge in [-0.15, -0.1) is 0 Å². The molecular formula is C27H51N3O7Si. The fourth-order valence-corrected chi connectivity index (χ4v) is 7.91. The smallest absolute Gasteiger partial charge is 0.465 e. The second-order valence-electron chi connectivity index (χ2n) is 11.8. The van der Waals surface area contributed by atoms with Crippen molar-refractivity contribution in [2.45, 2.75) is 110 Å². The van der Waals surface area contributed by atoms with Crippen molar-refractivity contribution in [3.63, 3.8) is 0 Å². The highest BCUT2D eigenvalue weighted by atomic mass is 28.4. The molecule has 0 heterocycles. The Hall–Kier alpha value is -1.78. The van der Waals surface area contributed by atoms with E-state index in [0.29, 0.717) is 44.8 Å². The Morgan fingerprint density at radius 1 is 1.11 bits per heavy atom. The van der Waals surface area contributed by atoms with E-state index >= 15 is 0 Å². The van der Waals surface area contributed by atoms with E-state index in [-0.39, 0.29) is 35.2 Å². The van der Waals surface area contributed by atoms with Crippen LogP contribution in [0.5, 0.6) is 0 Å². The van der Waals surface area contributed by atoms with E-state index in [4.69, 9.17) is 13.3 Å². The van der Waals surface area contributed by atoms with Gasteiger partial charge >= 0.3 is 14.9 Å². The van der Waals surface area contributed by atoms with E-state index in [2.05, 4.69) is 38.0 Å².